The summed E-state index contributed by atoms with van der Waals surface area (Å²) in [6.45, 7) is 4.49. The van der Waals surface area contributed by atoms with E-state index >= 15 is 0 Å². The third-order valence-corrected chi connectivity index (χ3v) is 4.12. The van der Waals surface area contributed by atoms with Crippen LogP contribution in [0.5, 0.6) is 0 Å². The molecule has 0 aliphatic heterocycles. The minimum absolute atomic E-state index is 0.214. The summed E-state index contributed by atoms with van der Waals surface area (Å²) in [7, 11) is 0. The number of imidazole rings is 1. The summed E-state index contributed by atoms with van der Waals surface area (Å²) in [6.07, 6.45) is 5.53. The summed E-state index contributed by atoms with van der Waals surface area (Å²) in [5.41, 5.74) is 2.95. The molecule has 1 heterocycles. The van der Waals surface area contributed by atoms with Gasteiger partial charge in [-0.1, -0.05) is 42.5 Å². The Kier molecular flexibility index (Phi) is 6.57. The predicted molar refractivity (Wildman–Crippen MR) is 106 cm³/mol. The Morgan fingerprint density at radius 3 is 2.56 bits per heavy atom. The third-order valence-electron chi connectivity index (χ3n) is 4.12. The topological polar surface area (TPSA) is 54.2 Å². The van der Waals surface area contributed by atoms with Gasteiger partial charge < -0.3 is 15.2 Å². The summed E-state index contributed by atoms with van der Waals surface area (Å²) in [4.78, 5) is 8.65. The summed E-state index contributed by atoms with van der Waals surface area (Å²) in [5, 5.41) is 6.37. The van der Waals surface area contributed by atoms with Gasteiger partial charge in [0.1, 0.15) is 5.82 Å². The van der Waals surface area contributed by atoms with Gasteiger partial charge in [-0.15, -0.1) is 0 Å². The average Bonchev–Trinajstić information content (AvgIpc) is 3.19. The van der Waals surface area contributed by atoms with E-state index < -0.39 is 0 Å². The highest BCUT2D eigenvalue weighted by molar-refractivity contribution is 5.79. The Labute approximate surface area is 159 Å². The van der Waals surface area contributed by atoms with Crippen LogP contribution in [0.3, 0.4) is 0 Å². The molecule has 0 fully saturated rings. The molecule has 0 radical (unpaired) electrons. The van der Waals surface area contributed by atoms with Crippen molar-refractivity contribution in [3.8, 4) is 0 Å². The van der Waals surface area contributed by atoms with E-state index in [-0.39, 0.29) is 5.82 Å². The van der Waals surface area contributed by atoms with Gasteiger partial charge >= 0.3 is 0 Å². The van der Waals surface area contributed by atoms with Crippen LogP contribution in [0.25, 0.3) is 0 Å². The molecule has 0 aliphatic rings. The first-order valence-corrected chi connectivity index (χ1v) is 9.03. The minimum atomic E-state index is -0.214. The number of nitrogens with zero attached hydrogens (tertiary/aromatic N) is 3. The lowest BCUT2D eigenvalue weighted by molar-refractivity contribution is 0.604. The van der Waals surface area contributed by atoms with E-state index in [0.29, 0.717) is 24.6 Å². The molecule has 0 bridgehead atoms. The van der Waals surface area contributed by atoms with E-state index in [1.54, 1.807) is 18.3 Å². The maximum Gasteiger partial charge on any atom is 0.191 e. The number of hydrogen-bond acceptors (Lipinski definition) is 2. The smallest absolute Gasteiger partial charge is 0.191 e. The number of rotatable bonds is 7. The highest BCUT2D eigenvalue weighted by Crippen LogP contribution is 2.08. The molecule has 0 unspecified atom stereocenters. The van der Waals surface area contributed by atoms with Gasteiger partial charge in [-0.05, 0) is 24.1 Å². The number of aliphatic imine (C=N–C) groups is 1. The van der Waals surface area contributed by atoms with Gasteiger partial charge in [-0.25, -0.2) is 14.4 Å². The molecule has 0 saturated heterocycles. The molecule has 6 heteroatoms. The van der Waals surface area contributed by atoms with E-state index in [4.69, 9.17) is 0 Å². The van der Waals surface area contributed by atoms with Gasteiger partial charge in [0.05, 0.1) is 12.9 Å². The van der Waals surface area contributed by atoms with Crippen LogP contribution in [0.1, 0.15) is 23.6 Å². The molecular weight excluding hydrogens is 341 g/mol. The second-order valence-corrected chi connectivity index (χ2v) is 6.19. The normalized spacial score (nSPS) is 11.4. The van der Waals surface area contributed by atoms with Crippen molar-refractivity contribution in [2.75, 3.05) is 6.54 Å². The Morgan fingerprint density at radius 2 is 1.85 bits per heavy atom. The maximum atomic E-state index is 13.7. The lowest BCUT2D eigenvalue weighted by Crippen LogP contribution is -2.37. The SMILES string of the molecule is CCNC(=NCc1ccc(Cn2ccnc2)cc1)NCc1ccccc1F. The number of guanidine groups is 1. The van der Waals surface area contributed by atoms with E-state index in [1.165, 1.54) is 11.6 Å². The van der Waals surface area contributed by atoms with Crippen LogP contribution in [0.4, 0.5) is 4.39 Å². The van der Waals surface area contributed by atoms with Gasteiger partial charge in [-0.2, -0.15) is 0 Å². The fraction of sp³-hybridized carbons (Fsp3) is 0.238. The molecule has 0 saturated carbocycles. The monoisotopic (exact) mass is 365 g/mol. The molecule has 0 spiro atoms. The molecule has 2 aromatic carbocycles. The van der Waals surface area contributed by atoms with Crippen LogP contribution in [0.15, 0.2) is 72.2 Å². The van der Waals surface area contributed by atoms with Gasteiger partial charge in [0.15, 0.2) is 5.96 Å². The van der Waals surface area contributed by atoms with Crippen molar-refractivity contribution in [1.82, 2.24) is 20.2 Å². The Bertz CT molecular complexity index is 857. The second-order valence-electron chi connectivity index (χ2n) is 6.19. The van der Waals surface area contributed by atoms with Gasteiger partial charge in [0, 0.05) is 37.6 Å². The van der Waals surface area contributed by atoms with Crippen molar-refractivity contribution >= 4 is 5.96 Å². The lowest BCUT2D eigenvalue weighted by atomic mass is 10.1. The van der Waals surface area contributed by atoms with Crippen LogP contribution >= 0.6 is 0 Å². The number of benzene rings is 2. The molecule has 140 valence electrons. The number of hydrogen-bond donors (Lipinski definition) is 2. The van der Waals surface area contributed by atoms with Crippen LogP contribution in [0, 0.1) is 5.82 Å². The highest BCUT2D eigenvalue weighted by atomic mass is 19.1. The first kappa shape index (κ1) is 18.6. The molecule has 3 rings (SSSR count). The highest BCUT2D eigenvalue weighted by Gasteiger charge is 2.03. The zero-order valence-electron chi connectivity index (χ0n) is 15.4. The second kappa shape index (κ2) is 9.52. The third kappa shape index (κ3) is 5.67. The molecule has 0 atom stereocenters. The molecular formula is C21H24FN5. The zero-order valence-corrected chi connectivity index (χ0v) is 15.4. The van der Waals surface area contributed by atoms with Crippen LogP contribution in [0.2, 0.25) is 0 Å². The summed E-state index contributed by atoms with van der Waals surface area (Å²) in [6, 6.07) is 15.1. The molecule has 27 heavy (non-hydrogen) atoms. The molecule has 1 aromatic heterocycles. The fourth-order valence-electron chi connectivity index (χ4n) is 2.67. The summed E-state index contributed by atoms with van der Waals surface area (Å²) in [5.74, 6) is 0.456. The predicted octanol–water partition coefficient (Wildman–Crippen LogP) is 3.33. The van der Waals surface area contributed by atoms with Crippen LogP contribution in [-0.4, -0.2) is 22.1 Å². The summed E-state index contributed by atoms with van der Waals surface area (Å²) >= 11 is 0. The van der Waals surface area contributed by atoms with Crippen molar-refractivity contribution in [3.63, 3.8) is 0 Å². The van der Waals surface area contributed by atoms with E-state index in [9.17, 15) is 4.39 Å². The molecule has 5 nitrogen and oxygen atoms in total. The van der Waals surface area contributed by atoms with Crippen LogP contribution in [-0.2, 0) is 19.6 Å². The fourth-order valence-corrected chi connectivity index (χ4v) is 2.67. The standard InChI is InChI=1S/C21H24FN5/c1-2-24-21(26-14-19-5-3-4-6-20(19)22)25-13-17-7-9-18(10-8-17)15-27-12-11-23-16-27/h3-12,16H,2,13-15H2,1H3,(H2,24,25,26). The maximum absolute atomic E-state index is 13.7. The quantitative estimate of drug-likeness (QED) is 0.499. The van der Waals surface area contributed by atoms with E-state index in [0.717, 1.165) is 18.7 Å². The Morgan fingerprint density at radius 1 is 1.07 bits per heavy atom. The number of aromatic nitrogens is 2. The van der Waals surface area contributed by atoms with Crippen molar-refractivity contribution in [2.45, 2.75) is 26.6 Å². The number of nitrogens with one attached hydrogen (secondary N) is 2. The van der Waals surface area contributed by atoms with E-state index in [2.05, 4.69) is 44.9 Å². The Hall–Kier alpha value is -3.15. The van der Waals surface area contributed by atoms with Gasteiger partial charge in [-0.3, -0.25) is 0 Å². The van der Waals surface area contributed by atoms with Gasteiger partial charge in [0.2, 0.25) is 0 Å². The average molecular weight is 365 g/mol. The minimum Gasteiger partial charge on any atom is -0.357 e. The lowest BCUT2D eigenvalue weighted by Gasteiger charge is -2.12. The van der Waals surface area contributed by atoms with Crippen LogP contribution < -0.4 is 10.6 Å². The van der Waals surface area contributed by atoms with Gasteiger partial charge in [0.25, 0.3) is 0 Å². The molecule has 0 amide bonds. The zero-order chi connectivity index (χ0) is 18.9. The number of halogens is 1. The van der Waals surface area contributed by atoms with E-state index in [1.807, 2.05) is 30.1 Å². The van der Waals surface area contributed by atoms with Crippen molar-refractivity contribution < 1.29 is 4.39 Å². The largest absolute Gasteiger partial charge is 0.357 e. The summed E-state index contributed by atoms with van der Waals surface area (Å²) < 4.78 is 15.8. The van der Waals surface area contributed by atoms with Crippen molar-refractivity contribution in [1.29, 1.82) is 0 Å². The molecule has 3 aromatic rings. The molecule has 2 N–H and O–H groups in total. The Balaban J connectivity index is 1.58. The van der Waals surface area contributed by atoms with Crippen molar-refractivity contribution in [2.24, 2.45) is 4.99 Å². The van der Waals surface area contributed by atoms with Crippen molar-refractivity contribution in [3.05, 3.63) is 89.8 Å². The molecule has 0 aliphatic carbocycles. The first-order chi connectivity index (χ1) is 13.2. The first-order valence-electron chi connectivity index (χ1n) is 9.03.